The molecule has 3 aromatic rings. The van der Waals surface area contributed by atoms with Crippen LogP contribution in [0.4, 0.5) is 0 Å². The zero-order chi connectivity index (χ0) is 14.8. The largest absolute Gasteiger partial charge is 0.330 e. The maximum absolute atomic E-state index is 5.60. The van der Waals surface area contributed by atoms with E-state index in [1.165, 1.54) is 16.6 Å². The average Bonchev–Trinajstić information content (AvgIpc) is 2.85. The van der Waals surface area contributed by atoms with Gasteiger partial charge in [0.25, 0.3) is 0 Å². The Labute approximate surface area is 125 Å². The van der Waals surface area contributed by atoms with Crippen molar-refractivity contribution in [3.63, 3.8) is 0 Å². The molecule has 0 saturated heterocycles. The minimum Gasteiger partial charge on any atom is -0.330 e. The highest BCUT2D eigenvalue weighted by molar-refractivity contribution is 5.81. The van der Waals surface area contributed by atoms with Crippen molar-refractivity contribution in [2.45, 2.75) is 26.8 Å². The molecule has 2 aromatic carbocycles. The van der Waals surface area contributed by atoms with Gasteiger partial charge in [-0.05, 0) is 50.1 Å². The van der Waals surface area contributed by atoms with Crippen LogP contribution >= 0.6 is 0 Å². The van der Waals surface area contributed by atoms with E-state index in [4.69, 9.17) is 10.7 Å². The number of rotatable bonds is 4. The van der Waals surface area contributed by atoms with Gasteiger partial charge in [-0.15, -0.1) is 0 Å². The van der Waals surface area contributed by atoms with E-state index in [0.717, 1.165) is 29.9 Å². The Bertz CT molecular complexity index is 754. The van der Waals surface area contributed by atoms with Gasteiger partial charge in [0, 0.05) is 12.1 Å². The second-order valence-corrected chi connectivity index (χ2v) is 5.41. The lowest BCUT2D eigenvalue weighted by atomic mass is 10.1. The summed E-state index contributed by atoms with van der Waals surface area (Å²) in [6.07, 6.45) is 0.920. The molecule has 3 rings (SSSR count). The van der Waals surface area contributed by atoms with E-state index < -0.39 is 0 Å². The monoisotopic (exact) mass is 279 g/mol. The van der Waals surface area contributed by atoms with Crippen molar-refractivity contribution in [2.24, 2.45) is 5.73 Å². The average molecular weight is 279 g/mol. The number of benzene rings is 2. The van der Waals surface area contributed by atoms with Crippen LogP contribution in [0.2, 0.25) is 0 Å². The summed E-state index contributed by atoms with van der Waals surface area (Å²) in [5.74, 6) is 1.04. The predicted octanol–water partition coefficient (Wildman–Crippen LogP) is 3.53. The molecule has 3 heteroatoms. The van der Waals surface area contributed by atoms with Crippen LogP contribution in [0.3, 0.4) is 0 Å². The summed E-state index contributed by atoms with van der Waals surface area (Å²) >= 11 is 0. The van der Waals surface area contributed by atoms with E-state index in [-0.39, 0.29) is 0 Å². The van der Waals surface area contributed by atoms with Gasteiger partial charge in [-0.25, -0.2) is 4.98 Å². The molecule has 0 radical (unpaired) electrons. The van der Waals surface area contributed by atoms with Crippen LogP contribution in [0.5, 0.6) is 0 Å². The maximum atomic E-state index is 5.60. The molecule has 21 heavy (non-hydrogen) atoms. The van der Waals surface area contributed by atoms with Crippen molar-refractivity contribution in [1.82, 2.24) is 9.55 Å². The number of imidazole rings is 1. The lowest BCUT2D eigenvalue weighted by molar-refractivity contribution is 0.796. The first-order chi connectivity index (χ1) is 10.2. The van der Waals surface area contributed by atoms with Gasteiger partial charge in [0.15, 0.2) is 0 Å². The Morgan fingerprint density at radius 2 is 1.86 bits per heavy atom. The van der Waals surface area contributed by atoms with Crippen LogP contribution in [0.25, 0.3) is 22.4 Å². The Kier molecular flexibility index (Phi) is 3.76. The van der Waals surface area contributed by atoms with Crippen molar-refractivity contribution in [3.05, 3.63) is 53.6 Å². The fraction of sp³-hybridized carbons (Fsp3) is 0.278. The smallest absolute Gasteiger partial charge is 0.141 e. The van der Waals surface area contributed by atoms with Crippen molar-refractivity contribution >= 4 is 11.0 Å². The maximum Gasteiger partial charge on any atom is 0.141 e. The topological polar surface area (TPSA) is 43.8 Å². The Balaban J connectivity index is 2.10. The first kappa shape index (κ1) is 13.8. The van der Waals surface area contributed by atoms with Gasteiger partial charge in [0.2, 0.25) is 0 Å². The summed E-state index contributed by atoms with van der Waals surface area (Å²) in [5, 5.41) is 0. The second-order valence-electron chi connectivity index (χ2n) is 5.41. The first-order valence-electron chi connectivity index (χ1n) is 7.49. The molecular formula is C18H21N3. The number of aryl methyl sites for hydroxylation is 2. The summed E-state index contributed by atoms with van der Waals surface area (Å²) in [4.78, 5) is 4.83. The summed E-state index contributed by atoms with van der Waals surface area (Å²) < 4.78 is 2.27. The predicted molar refractivity (Wildman–Crippen MR) is 88.3 cm³/mol. The number of nitrogens with zero attached hydrogens (tertiary/aromatic N) is 2. The lowest BCUT2D eigenvalue weighted by Crippen LogP contribution is -2.02. The van der Waals surface area contributed by atoms with E-state index in [2.05, 4.69) is 60.9 Å². The van der Waals surface area contributed by atoms with Crippen LogP contribution in [0, 0.1) is 6.92 Å². The number of hydrogen-bond acceptors (Lipinski definition) is 2. The van der Waals surface area contributed by atoms with Crippen molar-refractivity contribution in [2.75, 3.05) is 6.54 Å². The molecular weight excluding hydrogens is 258 g/mol. The molecule has 0 saturated carbocycles. The molecule has 1 heterocycles. The van der Waals surface area contributed by atoms with Crippen LogP contribution in [-0.4, -0.2) is 16.1 Å². The SMILES string of the molecule is CCn1c(-c2ccc(CCN)cc2)nc2cc(C)ccc21. The van der Waals surface area contributed by atoms with Crippen molar-refractivity contribution < 1.29 is 0 Å². The van der Waals surface area contributed by atoms with Crippen molar-refractivity contribution in [3.8, 4) is 11.4 Å². The third kappa shape index (κ3) is 2.57. The fourth-order valence-electron chi connectivity index (χ4n) is 2.77. The molecule has 0 fully saturated rings. The molecule has 0 amide bonds. The van der Waals surface area contributed by atoms with Gasteiger partial charge < -0.3 is 10.3 Å². The van der Waals surface area contributed by atoms with E-state index in [9.17, 15) is 0 Å². The van der Waals surface area contributed by atoms with E-state index in [1.54, 1.807) is 0 Å². The van der Waals surface area contributed by atoms with Crippen molar-refractivity contribution in [1.29, 1.82) is 0 Å². The molecule has 0 aliphatic carbocycles. The molecule has 0 bridgehead atoms. The van der Waals surface area contributed by atoms with Gasteiger partial charge in [-0.3, -0.25) is 0 Å². The lowest BCUT2D eigenvalue weighted by Gasteiger charge is -2.07. The molecule has 0 unspecified atom stereocenters. The van der Waals surface area contributed by atoms with Gasteiger partial charge in [-0.1, -0.05) is 30.3 Å². The van der Waals surface area contributed by atoms with Crippen LogP contribution in [0.15, 0.2) is 42.5 Å². The highest BCUT2D eigenvalue weighted by Crippen LogP contribution is 2.25. The summed E-state index contributed by atoms with van der Waals surface area (Å²) in [7, 11) is 0. The third-order valence-electron chi connectivity index (χ3n) is 3.87. The highest BCUT2D eigenvalue weighted by Gasteiger charge is 2.11. The molecule has 108 valence electrons. The number of fused-ring (bicyclic) bond motifs is 1. The van der Waals surface area contributed by atoms with Crippen LogP contribution < -0.4 is 5.73 Å². The van der Waals surface area contributed by atoms with Crippen LogP contribution in [-0.2, 0) is 13.0 Å². The molecule has 2 N–H and O–H groups in total. The molecule has 0 spiro atoms. The molecule has 0 aliphatic rings. The van der Waals surface area contributed by atoms with E-state index in [1.807, 2.05) is 0 Å². The minimum atomic E-state index is 0.687. The summed E-state index contributed by atoms with van der Waals surface area (Å²) in [6.45, 7) is 5.87. The van der Waals surface area contributed by atoms with Gasteiger partial charge in [0.05, 0.1) is 11.0 Å². The summed E-state index contributed by atoms with van der Waals surface area (Å²) in [6, 6.07) is 15.0. The van der Waals surface area contributed by atoms with E-state index in [0.29, 0.717) is 6.54 Å². The van der Waals surface area contributed by atoms with Gasteiger partial charge in [-0.2, -0.15) is 0 Å². The quantitative estimate of drug-likeness (QED) is 0.794. The standard InChI is InChI=1S/C18H21N3/c1-3-21-17-9-4-13(2)12-16(17)20-18(21)15-7-5-14(6-8-15)10-11-19/h4-9,12H,3,10-11,19H2,1-2H3. The number of hydrogen-bond donors (Lipinski definition) is 1. The van der Waals surface area contributed by atoms with Gasteiger partial charge >= 0.3 is 0 Å². The van der Waals surface area contributed by atoms with E-state index >= 15 is 0 Å². The highest BCUT2D eigenvalue weighted by atomic mass is 15.1. The Morgan fingerprint density at radius 3 is 2.52 bits per heavy atom. The molecule has 0 atom stereocenters. The minimum absolute atomic E-state index is 0.687. The third-order valence-corrected chi connectivity index (χ3v) is 3.87. The Hall–Kier alpha value is -2.13. The number of nitrogens with two attached hydrogens (primary N) is 1. The Morgan fingerprint density at radius 1 is 1.10 bits per heavy atom. The normalized spacial score (nSPS) is 11.2. The first-order valence-corrected chi connectivity index (χ1v) is 7.49. The molecule has 1 aromatic heterocycles. The van der Waals surface area contributed by atoms with Gasteiger partial charge in [0.1, 0.15) is 5.82 Å². The fourth-order valence-corrected chi connectivity index (χ4v) is 2.77. The number of aromatic nitrogens is 2. The molecule has 3 nitrogen and oxygen atoms in total. The second kappa shape index (κ2) is 5.70. The zero-order valence-corrected chi connectivity index (χ0v) is 12.6. The zero-order valence-electron chi connectivity index (χ0n) is 12.6. The van der Waals surface area contributed by atoms with Crippen LogP contribution in [0.1, 0.15) is 18.1 Å². The summed E-state index contributed by atoms with van der Waals surface area (Å²) in [5.41, 5.74) is 11.5. The molecule has 0 aliphatic heterocycles.